The van der Waals surface area contributed by atoms with E-state index in [1.165, 1.54) is 55.9 Å². The normalized spacial score (nSPS) is 13.6. The molecule has 16 heteroatoms. The van der Waals surface area contributed by atoms with Gasteiger partial charge in [-0.25, -0.2) is 8.42 Å². The van der Waals surface area contributed by atoms with Crippen molar-refractivity contribution in [2.45, 2.75) is 63.1 Å². The number of hydrogen-bond donors (Lipinski definition) is 1. The van der Waals surface area contributed by atoms with Crippen molar-refractivity contribution >= 4 is 45.0 Å². The topological polar surface area (TPSA) is 139 Å². The third kappa shape index (κ3) is 11.8. The molecule has 4 rings (SSSR count). The quantitative estimate of drug-likeness (QED) is 0.0944. The molecule has 1 atom stereocenters. The van der Waals surface area contributed by atoms with Crippen LogP contribution in [-0.2, 0) is 41.9 Å². The number of aromatic nitrogens is 1. The van der Waals surface area contributed by atoms with Gasteiger partial charge in [-0.1, -0.05) is 29.3 Å². The molecule has 11 nitrogen and oxygen atoms in total. The molecule has 1 aliphatic carbocycles. The number of pyridine rings is 1. The summed E-state index contributed by atoms with van der Waals surface area (Å²) in [7, 11) is -2.73. The van der Waals surface area contributed by atoms with Gasteiger partial charge in [-0.05, 0) is 73.6 Å². The molecule has 0 saturated heterocycles. The summed E-state index contributed by atoms with van der Waals surface area (Å²) in [4.78, 5) is 29.5. The molecule has 0 spiro atoms. The van der Waals surface area contributed by atoms with Crippen molar-refractivity contribution in [2.75, 3.05) is 33.5 Å². The van der Waals surface area contributed by atoms with Crippen LogP contribution in [0.25, 0.3) is 0 Å². The van der Waals surface area contributed by atoms with E-state index >= 15 is 0 Å². The molecule has 2 aromatic carbocycles. The summed E-state index contributed by atoms with van der Waals surface area (Å²) in [6.45, 7) is -1.11. The predicted octanol–water partition coefficient (Wildman–Crippen LogP) is 6.52. The van der Waals surface area contributed by atoms with Crippen molar-refractivity contribution in [1.82, 2.24) is 9.71 Å². The van der Waals surface area contributed by atoms with Gasteiger partial charge in [0.05, 0.1) is 28.2 Å². The van der Waals surface area contributed by atoms with Crippen molar-refractivity contribution in [3.05, 3.63) is 75.5 Å². The lowest BCUT2D eigenvalue weighted by molar-refractivity contribution is -0.148. The molecule has 3 aromatic rings. The molecule has 0 radical (unpaired) electrons. The lowest BCUT2D eigenvalue weighted by atomic mass is 10.0. The van der Waals surface area contributed by atoms with Crippen LogP contribution in [0.5, 0.6) is 17.2 Å². The molecule has 50 heavy (non-hydrogen) atoms. The van der Waals surface area contributed by atoms with Crippen molar-refractivity contribution in [1.29, 1.82) is 0 Å². The smallest absolute Gasteiger partial charge is 0.387 e. The molecule has 1 aromatic heterocycles. The maximum atomic E-state index is 13.3. The number of ketones is 1. The van der Waals surface area contributed by atoms with Crippen LogP contribution in [0.1, 0.15) is 55.4 Å². The number of ether oxygens (including phenoxy) is 5. The number of nitrogens with zero attached hydrogens (tertiary/aromatic N) is 1. The minimum Gasteiger partial charge on any atom is -0.494 e. The zero-order chi connectivity index (χ0) is 36.3. The minimum atomic E-state index is -4.27. The highest BCUT2D eigenvalue weighted by atomic mass is 35.5. The number of sulfonamides is 1. The van der Waals surface area contributed by atoms with Gasteiger partial charge >= 0.3 is 12.6 Å². The number of halogens is 4. The van der Waals surface area contributed by atoms with Gasteiger partial charge in [-0.15, -0.1) is 0 Å². The molecule has 1 saturated carbocycles. The largest absolute Gasteiger partial charge is 0.494 e. The van der Waals surface area contributed by atoms with Crippen LogP contribution in [0.2, 0.25) is 10.0 Å². The fourth-order valence-corrected chi connectivity index (χ4v) is 6.42. The molecule has 0 aliphatic heterocycles. The van der Waals surface area contributed by atoms with Crippen LogP contribution < -0.4 is 18.9 Å². The van der Waals surface area contributed by atoms with Crippen LogP contribution >= 0.6 is 23.2 Å². The summed E-state index contributed by atoms with van der Waals surface area (Å²) in [6.07, 6.45) is 4.13. The third-order valence-electron chi connectivity index (χ3n) is 7.58. The maximum Gasteiger partial charge on any atom is 0.387 e. The van der Waals surface area contributed by atoms with Crippen LogP contribution in [0.15, 0.2) is 53.7 Å². The predicted molar refractivity (Wildman–Crippen MR) is 181 cm³/mol. The summed E-state index contributed by atoms with van der Waals surface area (Å²) < 4.78 is 81.9. The monoisotopic (exact) mass is 758 g/mol. The molecule has 1 N–H and O–H groups in total. The van der Waals surface area contributed by atoms with Gasteiger partial charge < -0.3 is 23.7 Å². The summed E-state index contributed by atoms with van der Waals surface area (Å²) in [5.74, 6) is -0.604. The lowest BCUT2D eigenvalue weighted by Gasteiger charge is -2.22. The Morgan fingerprint density at radius 2 is 1.74 bits per heavy atom. The number of rotatable bonds is 21. The second kappa shape index (κ2) is 18.6. The van der Waals surface area contributed by atoms with Gasteiger partial charge in [0.2, 0.25) is 10.0 Å². The number of methoxy groups -OCH3 is 1. The second-order valence-corrected chi connectivity index (χ2v) is 14.0. The molecule has 1 fully saturated rings. The summed E-state index contributed by atoms with van der Waals surface area (Å²) in [5.41, 5.74) is 1.09. The van der Waals surface area contributed by atoms with Gasteiger partial charge in [0, 0.05) is 50.9 Å². The molecule has 1 aliphatic rings. The van der Waals surface area contributed by atoms with E-state index in [0.29, 0.717) is 48.0 Å². The van der Waals surface area contributed by atoms with Crippen molar-refractivity contribution in [2.24, 2.45) is 5.92 Å². The highest BCUT2D eigenvalue weighted by Gasteiger charge is 2.27. The van der Waals surface area contributed by atoms with Crippen molar-refractivity contribution in [3.8, 4) is 17.2 Å². The first-order valence-corrected chi connectivity index (χ1v) is 18.1. The zero-order valence-electron chi connectivity index (χ0n) is 27.5. The molecule has 1 heterocycles. The van der Waals surface area contributed by atoms with E-state index in [9.17, 15) is 26.8 Å². The molecular weight excluding hydrogens is 721 g/mol. The third-order valence-corrected chi connectivity index (χ3v) is 9.63. The summed E-state index contributed by atoms with van der Waals surface area (Å²) >= 11 is 12.7. The van der Waals surface area contributed by atoms with Crippen LogP contribution in [0, 0.1) is 5.92 Å². The fourth-order valence-electron chi connectivity index (χ4n) is 4.88. The van der Waals surface area contributed by atoms with Gasteiger partial charge in [0.1, 0.15) is 24.2 Å². The minimum absolute atomic E-state index is 0.0202. The standard InChI is InChI=1S/C34H38Cl2F2N2O9S/c1-3-46-29-11-9-25(14-23(29)13-24(41)5-4-12-45-2)50(43,44)40-19-33(42)48-31(16-26-27(35)17-39-18-28(26)36)22-8-10-30(49-34(37)38)32(15-22)47-20-21-6-7-21/h8-11,14-15,17-18,21,31,34,40H,3-7,12-13,16,19-20H2,1-2H3/t31-/m0/s1. The highest BCUT2D eigenvalue weighted by molar-refractivity contribution is 7.89. The molecule has 0 amide bonds. The Morgan fingerprint density at radius 1 is 1.02 bits per heavy atom. The molecular formula is C34H38Cl2F2N2O9S. The van der Waals surface area contributed by atoms with E-state index in [0.717, 1.165) is 12.8 Å². The zero-order valence-corrected chi connectivity index (χ0v) is 29.8. The number of nitrogens with one attached hydrogen (secondary N) is 1. The number of alkyl halides is 2. The number of esters is 1. The van der Waals surface area contributed by atoms with Gasteiger partial charge in [0.25, 0.3) is 0 Å². The highest BCUT2D eigenvalue weighted by Crippen LogP contribution is 2.38. The van der Waals surface area contributed by atoms with E-state index in [1.54, 1.807) is 6.92 Å². The Hall–Kier alpha value is -3.56. The Kier molecular flexibility index (Phi) is 14.6. The van der Waals surface area contributed by atoms with Crippen molar-refractivity contribution < 1.29 is 50.5 Å². The molecule has 0 bridgehead atoms. The van der Waals surface area contributed by atoms with Gasteiger partial charge in [-0.2, -0.15) is 13.5 Å². The number of Topliss-reactive ketones (excluding diaryl/α,β-unsaturated/α-hetero) is 1. The average Bonchev–Trinajstić information content (AvgIpc) is 3.90. The summed E-state index contributed by atoms with van der Waals surface area (Å²) in [5, 5.41) is 0.371. The van der Waals surface area contributed by atoms with E-state index in [4.69, 9.17) is 42.1 Å². The van der Waals surface area contributed by atoms with Crippen LogP contribution in [0.3, 0.4) is 0 Å². The Labute approximate surface area is 299 Å². The Balaban J connectivity index is 1.54. The number of hydrogen-bond acceptors (Lipinski definition) is 10. The van der Waals surface area contributed by atoms with E-state index in [-0.39, 0.29) is 58.1 Å². The first kappa shape index (κ1) is 39.2. The molecule has 0 unspecified atom stereocenters. The van der Waals surface area contributed by atoms with Crippen LogP contribution in [0.4, 0.5) is 8.78 Å². The maximum absolute atomic E-state index is 13.3. The molecule has 272 valence electrons. The lowest BCUT2D eigenvalue weighted by Crippen LogP contribution is -2.31. The number of carbonyl (C=O) groups is 2. The van der Waals surface area contributed by atoms with E-state index in [1.807, 2.05) is 0 Å². The van der Waals surface area contributed by atoms with E-state index in [2.05, 4.69) is 14.4 Å². The first-order valence-electron chi connectivity index (χ1n) is 15.8. The van der Waals surface area contributed by atoms with Crippen molar-refractivity contribution in [3.63, 3.8) is 0 Å². The second-order valence-electron chi connectivity index (χ2n) is 11.4. The van der Waals surface area contributed by atoms with Gasteiger partial charge in [-0.3, -0.25) is 14.6 Å². The first-order chi connectivity index (χ1) is 23.9. The average molecular weight is 760 g/mol. The van der Waals surface area contributed by atoms with Crippen LogP contribution in [-0.4, -0.2) is 65.2 Å². The Morgan fingerprint density at radius 3 is 2.40 bits per heavy atom. The van der Waals surface area contributed by atoms with Gasteiger partial charge in [0.15, 0.2) is 11.5 Å². The summed E-state index contributed by atoms with van der Waals surface area (Å²) in [6, 6.07) is 8.20. The van der Waals surface area contributed by atoms with E-state index < -0.39 is 35.3 Å². The Bertz CT molecular complexity index is 1720. The number of benzene rings is 2. The number of carbonyl (C=O) groups excluding carboxylic acids is 2. The fraction of sp³-hybridized carbons (Fsp3) is 0.441. The SMILES string of the molecule is CCOc1ccc(S(=O)(=O)NCC(=O)O[C@@H](Cc2c(Cl)cncc2Cl)c2ccc(OC(F)F)c(OCC3CC3)c2)cc1CC(=O)CCCOC.